The lowest BCUT2D eigenvalue weighted by Gasteiger charge is -2.58. The molecule has 4 bridgehead atoms. The SMILES string of the molecule is COC(=O)C12CC3CC(C1)C(NC(=O)C(C)(OCc1ccc(OC)cc1)SC)C(C3)C2. The van der Waals surface area contributed by atoms with E-state index >= 15 is 0 Å². The first-order chi connectivity index (χ1) is 14.8. The standard InChI is InChI=1S/C24H33NO5S/c1-23(31-4,30-14-15-5-7-19(28-2)8-6-15)21(26)25-20-17-9-16-10-18(20)13-24(11-16,12-17)22(27)29-3/h5-8,16-18,20H,9-14H2,1-4H3,(H,25,26). The van der Waals surface area contributed by atoms with Crippen LogP contribution in [0.5, 0.6) is 5.75 Å². The number of carbonyl (C=O) groups excluding carboxylic acids is 2. The lowest BCUT2D eigenvalue weighted by molar-refractivity contribution is -0.172. The summed E-state index contributed by atoms with van der Waals surface area (Å²) < 4.78 is 16.5. The Kier molecular flexibility index (Phi) is 6.28. The van der Waals surface area contributed by atoms with E-state index in [9.17, 15) is 9.59 Å². The maximum Gasteiger partial charge on any atom is 0.311 e. The second kappa shape index (κ2) is 8.66. The molecule has 4 saturated carbocycles. The summed E-state index contributed by atoms with van der Waals surface area (Å²) in [6, 6.07) is 7.78. The molecule has 1 aromatic carbocycles. The first-order valence-electron chi connectivity index (χ1n) is 11.0. The van der Waals surface area contributed by atoms with Crippen molar-refractivity contribution in [3.63, 3.8) is 0 Å². The molecule has 4 aliphatic carbocycles. The van der Waals surface area contributed by atoms with E-state index < -0.39 is 4.93 Å². The normalized spacial score (nSPS) is 32.9. The second-order valence-electron chi connectivity index (χ2n) is 9.53. The van der Waals surface area contributed by atoms with Crippen LogP contribution in [-0.2, 0) is 25.7 Å². The monoisotopic (exact) mass is 447 g/mol. The Morgan fingerprint density at radius 2 is 1.77 bits per heavy atom. The lowest BCUT2D eigenvalue weighted by Crippen LogP contribution is -2.63. The van der Waals surface area contributed by atoms with Crippen LogP contribution in [0.15, 0.2) is 24.3 Å². The molecule has 6 nitrogen and oxygen atoms in total. The molecule has 0 radical (unpaired) electrons. The van der Waals surface area contributed by atoms with E-state index in [2.05, 4.69) is 5.32 Å². The molecule has 0 saturated heterocycles. The third-order valence-electron chi connectivity index (χ3n) is 7.66. The molecule has 0 aliphatic heterocycles. The quantitative estimate of drug-likeness (QED) is 0.483. The number of hydrogen-bond donors (Lipinski definition) is 1. The van der Waals surface area contributed by atoms with E-state index in [0.717, 1.165) is 43.4 Å². The van der Waals surface area contributed by atoms with Gasteiger partial charge in [0.25, 0.3) is 5.91 Å². The number of thioether (sulfide) groups is 1. The fourth-order valence-corrected chi connectivity index (χ4v) is 6.59. The summed E-state index contributed by atoms with van der Waals surface area (Å²) in [4.78, 5) is 24.9. The number of esters is 1. The predicted molar refractivity (Wildman–Crippen MR) is 120 cm³/mol. The largest absolute Gasteiger partial charge is 0.497 e. The van der Waals surface area contributed by atoms with Crippen LogP contribution in [0, 0.1) is 23.2 Å². The number of methoxy groups -OCH3 is 2. The highest BCUT2D eigenvalue weighted by molar-refractivity contribution is 8.00. The van der Waals surface area contributed by atoms with Crippen molar-refractivity contribution in [1.82, 2.24) is 5.32 Å². The zero-order valence-corrected chi connectivity index (χ0v) is 19.6. The number of nitrogens with one attached hydrogen (secondary N) is 1. The molecule has 3 atom stereocenters. The van der Waals surface area contributed by atoms with Crippen molar-refractivity contribution in [2.75, 3.05) is 20.5 Å². The first-order valence-corrected chi connectivity index (χ1v) is 12.3. The number of rotatable bonds is 8. The maximum absolute atomic E-state index is 13.3. The predicted octanol–water partition coefficient (Wildman–Crippen LogP) is 3.78. The molecule has 1 N–H and O–H groups in total. The average molecular weight is 448 g/mol. The highest BCUT2D eigenvalue weighted by Crippen LogP contribution is 2.60. The van der Waals surface area contributed by atoms with Crippen molar-refractivity contribution >= 4 is 23.6 Å². The fraction of sp³-hybridized carbons (Fsp3) is 0.667. The Morgan fingerprint density at radius 1 is 1.13 bits per heavy atom. The topological polar surface area (TPSA) is 73.9 Å². The van der Waals surface area contributed by atoms with E-state index in [4.69, 9.17) is 14.2 Å². The molecular weight excluding hydrogens is 414 g/mol. The van der Waals surface area contributed by atoms with Gasteiger partial charge in [0.2, 0.25) is 0 Å². The van der Waals surface area contributed by atoms with Crippen molar-refractivity contribution in [2.24, 2.45) is 23.2 Å². The van der Waals surface area contributed by atoms with Gasteiger partial charge in [0.05, 0.1) is 26.2 Å². The van der Waals surface area contributed by atoms with E-state index in [1.54, 1.807) is 7.11 Å². The van der Waals surface area contributed by atoms with Gasteiger partial charge in [-0.3, -0.25) is 9.59 Å². The number of benzene rings is 1. The van der Waals surface area contributed by atoms with Gasteiger partial charge in [-0.1, -0.05) is 12.1 Å². The highest BCUT2D eigenvalue weighted by Gasteiger charge is 2.59. The zero-order valence-electron chi connectivity index (χ0n) is 18.8. The summed E-state index contributed by atoms with van der Waals surface area (Å²) in [5, 5.41) is 3.33. The third-order valence-corrected chi connectivity index (χ3v) is 8.75. The second-order valence-corrected chi connectivity index (χ2v) is 10.7. The zero-order chi connectivity index (χ0) is 22.2. The van der Waals surface area contributed by atoms with E-state index in [1.807, 2.05) is 37.4 Å². The summed E-state index contributed by atoms with van der Waals surface area (Å²) >= 11 is 1.41. The molecule has 4 aliphatic rings. The Balaban J connectivity index is 1.41. The smallest absolute Gasteiger partial charge is 0.311 e. The van der Waals surface area contributed by atoms with Gasteiger partial charge in [0, 0.05) is 6.04 Å². The number of carbonyl (C=O) groups is 2. The molecule has 31 heavy (non-hydrogen) atoms. The van der Waals surface area contributed by atoms with Crippen LogP contribution in [0.4, 0.5) is 0 Å². The Hall–Kier alpha value is -1.73. The lowest BCUT2D eigenvalue weighted by atomic mass is 9.48. The van der Waals surface area contributed by atoms with Crippen LogP contribution in [0.2, 0.25) is 0 Å². The van der Waals surface area contributed by atoms with Gasteiger partial charge >= 0.3 is 5.97 Å². The van der Waals surface area contributed by atoms with Crippen LogP contribution in [0.3, 0.4) is 0 Å². The molecule has 5 rings (SSSR count). The summed E-state index contributed by atoms with van der Waals surface area (Å²) in [6.07, 6.45) is 6.66. The van der Waals surface area contributed by atoms with Crippen molar-refractivity contribution in [2.45, 2.75) is 56.6 Å². The van der Waals surface area contributed by atoms with E-state index in [1.165, 1.54) is 18.9 Å². The van der Waals surface area contributed by atoms with Gasteiger partial charge in [0.1, 0.15) is 5.75 Å². The summed E-state index contributed by atoms with van der Waals surface area (Å²) in [5.41, 5.74) is 0.656. The first kappa shape index (κ1) is 22.5. The fourth-order valence-electron chi connectivity index (χ4n) is 6.17. The van der Waals surface area contributed by atoms with Gasteiger partial charge < -0.3 is 19.5 Å². The Morgan fingerprint density at radius 3 is 2.32 bits per heavy atom. The molecule has 0 heterocycles. The van der Waals surface area contributed by atoms with Crippen LogP contribution in [-0.4, -0.2) is 43.3 Å². The van der Waals surface area contributed by atoms with Crippen LogP contribution >= 0.6 is 11.8 Å². The molecular formula is C24H33NO5S. The molecule has 170 valence electrons. The minimum atomic E-state index is -0.978. The highest BCUT2D eigenvalue weighted by atomic mass is 32.2. The summed E-state index contributed by atoms with van der Waals surface area (Å²) in [6.45, 7) is 2.18. The van der Waals surface area contributed by atoms with Crippen molar-refractivity contribution < 1.29 is 23.8 Å². The van der Waals surface area contributed by atoms with Crippen LogP contribution in [0.1, 0.15) is 44.6 Å². The summed E-state index contributed by atoms with van der Waals surface area (Å²) in [7, 11) is 3.13. The molecule has 0 aromatic heterocycles. The van der Waals surface area contributed by atoms with Crippen molar-refractivity contribution in [1.29, 1.82) is 0 Å². The van der Waals surface area contributed by atoms with Crippen molar-refractivity contribution in [3.05, 3.63) is 29.8 Å². The van der Waals surface area contributed by atoms with Gasteiger partial charge in [-0.15, -0.1) is 11.8 Å². The number of ether oxygens (including phenoxy) is 3. The average Bonchev–Trinajstić information content (AvgIpc) is 2.78. The van der Waals surface area contributed by atoms with Gasteiger partial charge in [-0.05, 0) is 80.7 Å². The molecule has 4 fully saturated rings. The van der Waals surface area contributed by atoms with Crippen LogP contribution < -0.4 is 10.1 Å². The van der Waals surface area contributed by atoms with Gasteiger partial charge in [0.15, 0.2) is 4.93 Å². The van der Waals surface area contributed by atoms with E-state index in [0.29, 0.717) is 24.4 Å². The maximum atomic E-state index is 13.3. The number of amides is 1. The van der Waals surface area contributed by atoms with Gasteiger partial charge in [-0.25, -0.2) is 0 Å². The Labute approximate surface area is 188 Å². The molecule has 1 aromatic rings. The van der Waals surface area contributed by atoms with Gasteiger partial charge in [-0.2, -0.15) is 0 Å². The summed E-state index contributed by atoms with van der Waals surface area (Å²) in [5.74, 6) is 1.89. The number of hydrogen-bond acceptors (Lipinski definition) is 6. The van der Waals surface area contributed by atoms with E-state index in [-0.39, 0.29) is 23.3 Å². The minimum Gasteiger partial charge on any atom is -0.497 e. The minimum absolute atomic E-state index is 0.0616. The van der Waals surface area contributed by atoms with Crippen LogP contribution in [0.25, 0.3) is 0 Å². The van der Waals surface area contributed by atoms with Crippen molar-refractivity contribution in [3.8, 4) is 5.75 Å². The third kappa shape index (κ3) is 4.19. The Bertz CT molecular complexity index is 812. The molecule has 3 unspecified atom stereocenters. The molecule has 1 amide bonds. The molecule has 0 spiro atoms. The molecule has 7 heteroatoms.